The van der Waals surface area contributed by atoms with Crippen molar-refractivity contribution in [3.05, 3.63) is 124 Å². The number of guanidine groups is 1. The van der Waals surface area contributed by atoms with Crippen LogP contribution in [0.1, 0.15) is 60.1 Å². The van der Waals surface area contributed by atoms with Crippen molar-refractivity contribution < 1.29 is 22.7 Å². The maximum atomic E-state index is 14.6. The molecule has 0 radical (unpaired) electrons. The summed E-state index contributed by atoms with van der Waals surface area (Å²) < 4.78 is 45.4. The molecule has 4 aromatic carbocycles. The minimum absolute atomic E-state index is 0.0961. The van der Waals surface area contributed by atoms with E-state index in [0.29, 0.717) is 23.2 Å². The summed E-state index contributed by atoms with van der Waals surface area (Å²) in [6.45, 7) is 11.9. The van der Waals surface area contributed by atoms with Gasteiger partial charge in [0.25, 0.3) is 10.0 Å². The van der Waals surface area contributed by atoms with Gasteiger partial charge < -0.3 is 19.7 Å². The van der Waals surface area contributed by atoms with E-state index in [4.69, 9.17) is 9.47 Å². The summed E-state index contributed by atoms with van der Waals surface area (Å²) in [5, 5.41) is 3.29. The monoisotopic (exact) mass is 653 g/mol. The summed E-state index contributed by atoms with van der Waals surface area (Å²) in [5.41, 5.74) is 4.80. The summed E-state index contributed by atoms with van der Waals surface area (Å²) in [6, 6.07) is 28.4. The highest BCUT2D eigenvalue weighted by Gasteiger charge is 2.37. The fraction of sp³-hybridized carbons (Fsp3) is 0.316. The third kappa shape index (κ3) is 7.68. The number of carbonyl (C=O) groups excluding carboxylic acids is 1. The first-order chi connectivity index (χ1) is 22.4. The Morgan fingerprint density at radius 3 is 2.13 bits per heavy atom. The molecule has 246 valence electrons. The Balaban J connectivity index is 1.68. The van der Waals surface area contributed by atoms with Gasteiger partial charge in [-0.2, -0.15) is 8.42 Å². The molecule has 1 aliphatic heterocycles. The van der Waals surface area contributed by atoms with Crippen molar-refractivity contribution in [1.29, 1.82) is 0 Å². The Labute approximate surface area is 278 Å². The van der Waals surface area contributed by atoms with E-state index in [2.05, 4.69) is 9.71 Å². The largest absolute Gasteiger partial charge is 0.487 e. The number of hydrogen-bond donors (Lipinski definition) is 1. The van der Waals surface area contributed by atoms with Crippen molar-refractivity contribution in [2.24, 2.45) is 4.40 Å². The molecule has 4 aromatic rings. The van der Waals surface area contributed by atoms with Crippen molar-refractivity contribution >= 4 is 27.6 Å². The molecular weight excluding hydrogens is 611 g/mol. The Morgan fingerprint density at radius 1 is 0.915 bits per heavy atom. The van der Waals surface area contributed by atoms with Gasteiger partial charge in [-0.3, -0.25) is 4.79 Å². The predicted octanol–water partition coefficient (Wildman–Crippen LogP) is 7.33. The Bertz CT molecular complexity index is 1860. The number of anilines is 1. The van der Waals surface area contributed by atoms with Crippen LogP contribution < -0.4 is 10.1 Å². The summed E-state index contributed by atoms with van der Waals surface area (Å²) >= 11 is 0. The van der Waals surface area contributed by atoms with Crippen LogP contribution in [-0.4, -0.2) is 44.0 Å². The van der Waals surface area contributed by atoms with Gasteiger partial charge in [-0.25, -0.2) is 0 Å². The van der Waals surface area contributed by atoms with Crippen LogP contribution >= 0.6 is 0 Å². The molecule has 1 heterocycles. The number of esters is 1. The smallest absolute Gasteiger partial charge is 0.315 e. The van der Waals surface area contributed by atoms with Gasteiger partial charge in [0.1, 0.15) is 11.4 Å². The molecule has 0 aliphatic carbocycles. The molecule has 9 heteroatoms. The van der Waals surface area contributed by atoms with Crippen LogP contribution in [0.15, 0.2) is 100 Å². The predicted molar refractivity (Wildman–Crippen MR) is 186 cm³/mol. The summed E-state index contributed by atoms with van der Waals surface area (Å²) in [5.74, 6) is -0.266. The maximum Gasteiger partial charge on any atom is 0.315 e. The van der Waals surface area contributed by atoms with Crippen molar-refractivity contribution in [2.45, 2.75) is 70.9 Å². The van der Waals surface area contributed by atoms with Crippen molar-refractivity contribution in [2.75, 3.05) is 18.5 Å². The lowest BCUT2D eigenvalue weighted by Gasteiger charge is -2.30. The van der Waals surface area contributed by atoms with Gasteiger partial charge in [0.2, 0.25) is 5.96 Å². The zero-order valence-corrected chi connectivity index (χ0v) is 28.7. The van der Waals surface area contributed by atoms with E-state index < -0.39 is 27.5 Å². The number of nitrogens with zero attached hydrogens (tertiary/aromatic N) is 2. The standard InChI is InChI=1S/C38H43N3O5S/c1-7-45-36(42)33(30-19-13-9-14-20-30)25-41(24-29-17-11-8-12-18-29)37(39-31-21-15-10-16-22-31)40-47(43,44)35-27(3)26(2)34-32(28(35)4)23-38(5,6)46-34/h8-22,33H,7,23-25H2,1-6H3,(H,39,40)/t33-/m0/s1. The van der Waals surface area contributed by atoms with Crippen LogP contribution in [0.4, 0.5) is 5.69 Å². The molecule has 1 atom stereocenters. The van der Waals surface area contributed by atoms with E-state index in [0.717, 1.165) is 28.0 Å². The van der Waals surface area contributed by atoms with Crippen LogP contribution in [0.25, 0.3) is 0 Å². The molecule has 0 spiro atoms. The molecule has 0 unspecified atom stereocenters. The third-order valence-corrected chi connectivity index (χ3v) is 10.0. The third-order valence-electron chi connectivity index (χ3n) is 8.48. The van der Waals surface area contributed by atoms with Gasteiger partial charge in [-0.1, -0.05) is 78.9 Å². The average Bonchev–Trinajstić information content (AvgIpc) is 3.38. The number of rotatable bonds is 10. The quantitative estimate of drug-likeness (QED) is 0.109. The second-order valence-corrected chi connectivity index (χ2v) is 14.1. The Hall–Kier alpha value is -4.63. The van der Waals surface area contributed by atoms with Gasteiger partial charge in [0.15, 0.2) is 0 Å². The molecule has 47 heavy (non-hydrogen) atoms. The second-order valence-electron chi connectivity index (χ2n) is 12.5. The first-order valence-electron chi connectivity index (χ1n) is 15.9. The first kappa shape index (κ1) is 33.7. The molecule has 0 saturated carbocycles. The van der Waals surface area contributed by atoms with Crippen LogP contribution in [0.5, 0.6) is 5.75 Å². The van der Waals surface area contributed by atoms with E-state index in [1.165, 1.54) is 0 Å². The Kier molecular flexibility index (Phi) is 10.1. The van der Waals surface area contributed by atoms with Gasteiger partial charge in [0, 0.05) is 30.8 Å². The van der Waals surface area contributed by atoms with Crippen molar-refractivity contribution in [3.63, 3.8) is 0 Å². The molecule has 0 bridgehead atoms. The summed E-state index contributed by atoms with van der Waals surface area (Å²) in [6.07, 6.45) is 0.592. The van der Waals surface area contributed by atoms with Crippen molar-refractivity contribution in [3.8, 4) is 5.75 Å². The average molecular weight is 654 g/mol. The SMILES string of the molecule is CCOC(=O)[C@@H](CN(Cc1ccccc1)/C(=N/S(=O)(=O)c1c(C)c(C)c2c(c1C)CC(C)(C)O2)Nc1ccccc1)c1ccccc1. The van der Waals surface area contributed by atoms with Crippen LogP contribution in [0.3, 0.4) is 0 Å². The highest BCUT2D eigenvalue weighted by atomic mass is 32.2. The number of carbonyl (C=O) groups is 1. The zero-order valence-electron chi connectivity index (χ0n) is 27.9. The molecule has 0 saturated heterocycles. The first-order valence-corrected chi connectivity index (χ1v) is 17.3. The van der Waals surface area contributed by atoms with E-state index in [1.807, 2.05) is 124 Å². The summed E-state index contributed by atoms with van der Waals surface area (Å²) in [4.78, 5) is 15.5. The lowest BCUT2D eigenvalue weighted by Crippen LogP contribution is -2.41. The highest BCUT2D eigenvalue weighted by Crippen LogP contribution is 2.44. The van der Waals surface area contributed by atoms with Gasteiger partial charge in [-0.05, 0) is 81.5 Å². The number of ether oxygens (including phenoxy) is 2. The van der Waals surface area contributed by atoms with Gasteiger partial charge in [0.05, 0.1) is 17.4 Å². The molecule has 0 aromatic heterocycles. The number of para-hydroxylation sites is 1. The number of nitrogens with one attached hydrogen (secondary N) is 1. The Morgan fingerprint density at radius 2 is 1.51 bits per heavy atom. The molecule has 1 aliphatic rings. The normalized spacial score (nSPS) is 14.6. The lowest BCUT2D eigenvalue weighted by atomic mass is 9.94. The minimum atomic E-state index is -4.28. The van der Waals surface area contributed by atoms with Crippen LogP contribution in [0.2, 0.25) is 0 Å². The van der Waals surface area contributed by atoms with Gasteiger partial charge in [-0.15, -0.1) is 4.40 Å². The van der Waals surface area contributed by atoms with E-state index in [-0.39, 0.29) is 30.6 Å². The van der Waals surface area contributed by atoms with Gasteiger partial charge >= 0.3 is 5.97 Å². The molecular formula is C38H43N3O5S. The second kappa shape index (κ2) is 14.0. The minimum Gasteiger partial charge on any atom is -0.487 e. The number of fused-ring (bicyclic) bond motifs is 1. The van der Waals surface area contributed by atoms with Crippen molar-refractivity contribution in [1.82, 2.24) is 4.90 Å². The number of sulfonamides is 1. The number of benzene rings is 4. The highest BCUT2D eigenvalue weighted by molar-refractivity contribution is 7.90. The van der Waals surface area contributed by atoms with Crippen LogP contribution in [0, 0.1) is 20.8 Å². The topological polar surface area (TPSA) is 97.3 Å². The molecule has 0 amide bonds. The van der Waals surface area contributed by atoms with E-state index >= 15 is 0 Å². The molecule has 0 fully saturated rings. The molecule has 1 N–H and O–H groups in total. The van der Waals surface area contributed by atoms with E-state index in [1.54, 1.807) is 13.8 Å². The fourth-order valence-electron chi connectivity index (χ4n) is 6.10. The zero-order chi connectivity index (χ0) is 33.8. The summed E-state index contributed by atoms with van der Waals surface area (Å²) in [7, 11) is -4.28. The maximum absolute atomic E-state index is 14.6. The molecule has 5 rings (SSSR count). The molecule has 8 nitrogen and oxygen atoms in total. The van der Waals surface area contributed by atoms with Crippen LogP contribution in [-0.2, 0) is 32.5 Å². The fourth-order valence-corrected chi connectivity index (χ4v) is 7.63. The van der Waals surface area contributed by atoms with E-state index in [9.17, 15) is 13.2 Å². The number of hydrogen-bond acceptors (Lipinski definition) is 5. The lowest BCUT2D eigenvalue weighted by molar-refractivity contribution is -0.145.